The predicted octanol–water partition coefficient (Wildman–Crippen LogP) is 4.39. The molecule has 0 spiro atoms. The van der Waals surface area contributed by atoms with Gasteiger partial charge in [0.05, 0.1) is 37.6 Å². The van der Waals surface area contributed by atoms with Gasteiger partial charge in [-0.2, -0.15) is 0 Å². The van der Waals surface area contributed by atoms with E-state index in [2.05, 4.69) is 34.6 Å². The largest absolute Gasteiger partial charge is 0.396 e. The van der Waals surface area contributed by atoms with Crippen LogP contribution in [0.15, 0.2) is 0 Å². The van der Waals surface area contributed by atoms with Crippen LogP contribution in [0, 0.1) is 47.3 Å². The van der Waals surface area contributed by atoms with Gasteiger partial charge in [0, 0.05) is 36.9 Å². The van der Waals surface area contributed by atoms with Crippen LogP contribution in [0.4, 0.5) is 0 Å². The summed E-state index contributed by atoms with van der Waals surface area (Å²) in [5.74, 6) is 1.36. The Morgan fingerprint density at radius 3 is 1.97 bits per heavy atom. The van der Waals surface area contributed by atoms with Crippen LogP contribution >= 0.6 is 0 Å². The molecule has 0 aromatic heterocycles. The Balaban J connectivity index is 1.49. The van der Waals surface area contributed by atoms with E-state index in [-0.39, 0.29) is 48.4 Å². The highest BCUT2D eigenvalue weighted by molar-refractivity contribution is 4.90. The summed E-state index contributed by atoms with van der Waals surface area (Å²) < 4.78 is 18.9. The molecule has 0 radical (unpaired) electrons. The van der Waals surface area contributed by atoms with Gasteiger partial charge in [0.2, 0.25) is 0 Å². The van der Waals surface area contributed by atoms with Gasteiger partial charge in [0.25, 0.3) is 0 Å². The van der Waals surface area contributed by atoms with Crippen LogP contribution in [-0.2, 0) is 14.2 Å². The second-order valence-corrected chi connectivity index (χ2v) is 12.6. The molecule has 7 nitrogen and oxygen atoms in total. The van der Waals surface area contributed by atoms with Crippen molar-refractivity contribution in [1.29, 1.82) is 0 Å². The van der Waals surface area contributed by atoms with Crippen molar-refractivity contribution >= 4 is 0 Å². The first-order valence-electron chi connectivity index (χ1n) is 15.8. The van der Waals surface area contributed by atoms with Crippen LogP contribution in [0.5, 0.6) is 0 Å². The molecule has 0 aromatic carbocycles. The maximum Gasteiger partial charge on any atom is 0.163 e. The first-order valence-corrected chi connectivity index (χ1v) is 15.8. The van der Waals surface area contributed by atoms with Gasteiger partial charge in [0.15, 0.2) is 6.29 Å². The standard InChI is InChI=1S/C31H58O7/c1-6-20-10-13-23(29(34)24(20)7-2)17-37-31-25(8-3)30(35)26(27(9-4)38-31)18-36-15-14-21-11-12-22(16-32)28(33)19(21)5/h19-35H,6-18H2,1-5H3. The van der Waals surface area contributed by atoms with Crippen molar-refractivity contribution in [2.75, 3.05) is 26.4 Å². The molecule has 1 heterocycles. The number of hydrogen-bond donors (Lipinski definition) is 4. The fourth-order valence-corrected chi connectivity index (χ4v) is 7.83. The molecule has 13 unspecified atom stereocenters. The molecule has 224 valence electrons. The number of ether oxygens (including phenoxy) is 3. The third kappa shape index (κ3) is 7.51. The molecular formula is C31H58O7. The molecular weight excluding hydrogens is 484 g/mol. The summed E-state index contributed by atoms with van der Waals surface area (Å²) in [6, 6.07) is 0. The van der Waals surface area contributed by atoms with Gasteiger partial charge >= 0.3 is 0 Å². The van der Waals surface area contributed by atoms with Crippen molar-refractivity contribution in [3.8, 4) is 0 Å². The molecule has 7 heteroatoms. The second kappa shape index (κ2) is 15.6. The van der Waals surface area contributed by atoms with E-state index in [9.17, 15) is 20.4 Å². The average molecular weight is 543 g/mol. The Labute approximate surface area is 231 Å². The average Bonchev–Trinajstić information content (AvgIpc) is 2.92. The zero-order valence-electron chi connectivity index (χ0n) is 24.7. The van der Waals surface area contributed by atoms with Gasteiger partial charge in [-0.15, -0.1) is 0 Å². The van der Waals surface area contributed by atoms with Gasteiger partial charge in [-0.05, 0) is 68.6 Å². The number of hydrogen-bond acceptors (Lipinski definition) is 7. The first-order chi connectivity index (χ1) is 18.3. The van der Waals surface area contributed by atoms with E-state index in [0.29, 0.717) is 37.6 Å². The quantitative estimate of drug-likeness (QED) is 0.256. The van der Waals surface area contributed by atoms with Crippen molar-refractivity contribution in [3.05, 3.63) is 0 Å². The highest BCUT2D eigenvalue weighted by Crippen LogP contribution is 2.40. The maximum absolute atomic E-state index is 11.4. The molecule has 1 saturated heterocycles. The smallest absolute Gasteiger partial charge is 0.163 e. The molecule has 3 aliphatic rings. The topological polar surface area (TPSA) is 109 Å². The summed E-state index contributed by atoms with van der Waals surface area (Å²) in [5.41, 5.74) is 0. The third-order valence-electron chi connectivity index (χ3n) is 10.6. The molecule has 3 fully saturated rings. The molecule has 3 rings (SSSR count). The van der Waals surface area contributed by atoms with Crippen LogP contribution in [-0.4, -0.2) is 77.6 Å². The Kier molecular flexibility index (Phi) is 13.3. The predicted molar refractivity (Wildman–Crippen MR) is 148 cm³/mol. The molecule has 38 heavy (non-hydrogen) atoms. The summed E-state index contributed by atoms with van der Waals surface area (Å²) in [6.45, 7) is 12.2. The van der Waals surface area contributed by atoms with E-state index in [0.717, 1.165) is 57.8 Å². The molecule has 0 amide bonds. The van der Waals surface area contributed by atoms with Crippen molar-refractivity contribution in [1.82, 2.24) is 0 Å². The minimum absolute atomic E-state index is 0.00846. The molecule has 4 N–H and O–H groups in total. The van der Waals surface area contributed by atoms with E-state index >= 15 is 0 Å². The first kappa shape index (κ1) is 32.2. The fraction of sp³-hybridized carbons (Fsp3) is 1.00. The van der Waals surface area contributed by atoms with E-state index < -0.39 is 18.5 Å². The summed E-state index contributed by atoms with van der Waals surface area (Å²) in [4.78, 5) is 0. The summed E-state index contributed by atoms with van der Waals surface area (Å²) >= 11 is 0. The second-order valence-electron chi connectivity index (χ2n) is 12.6. The van der Waals surface area contributed by atoms with E-state index in [1.54, 1.807) is 0 Å². The normalized spacial score (nSPS) is 44.3. The summed E-state index contributed by atoms with van der Waals surface area (Å²) in [5, 5.41) is 42.3. The van der Waals surface area contributed by atoms with Gasteiger partial charge in [-0.1, -0.05) is 47.5 Å². The molecule has 2 saturated carbocycles. The van der Waals surface area contributed by atoms with E-state index in [1.165, 1.54) is 0 Å². The molecule has 13 atom stereocenters. The van der Waals surface area contributed by atoms with Crippen LogP contribution in [0.3, 0.4) is 0 Å². The van der Waals surface area contributed by atoms with Crippen LogP contribution in [0.2, 0.25) is 0 Å². The lowest BCUT2D eigenvalue weighted by Crippen LogP contribution is -2.53. The minimum Gasteiger partial charge on any atom is -0.396 e. The van der Waals surface area contributed by atoms with Crippen LogP contribution in [0.1, 0.15) is 92.4 Å². The zero-order chi connectivity index (χ0) is 27.8. The Morgan fingerprint density at radius 1 is 0.684 bits per heavy atom. The highest BCUT2D eigenvalue weighted by atomic mass is 16.7. The molecule has 0 aromatic rings. The van der Waals surface area contributed by atoms with Crippen molar-refractivity contribution in [3.63, 3.8) is 0 Å². The van der Waals surface area contributed by atoms with Gasteiger partial charge < -0.3 is 34.6 Å². The Morgan fingerprint density at radius 2 is 1.34 bits per heavy atom. The summed E-state index contributed by atoms with van der Waals surface area (Å²) in [7, 11) is 0. The van der Waals surface area contributed by atoms with Gasteiger partial charge in [-0.25, -0.2) is 0 Å². The highest BCUT2D eigenvalue weighted by Gasteiger charge is 2.45. The van der Waals surface area contributed by atoms with Crippen molar-refractivity contribution in [2.45, 2.75) is 123 Å². The Bertz CT molecular complexity index is 662. The minimum atomic E-state index is -0.561. The maximum atomic E-state index is 11.4. The lowest BCUT2D eigenvalue weighted by molar-refractivity contribution is -0.279. The van der Waals surface area contributed by atoms with E-state index in [4.69, 9.17) is 14.2 Å². The van der Waals surface area contributed by atoms with Crippen LogP contribution in [0.25, 0.3) is 0 Å². The summed E-state index contributed by atoms with van der Waals surface area (Å²) in [6.07, 6.45) is 6.56. The fourth-order valence-electron chi connectivity index (χ4n) is 7.83. The number of aliphatic hydroxyl groups is 4. The monoisotopic (exact) mass is 542 g/mol. The molecule has 0 bridgehead atoms. The van der Waals surface area contributed by atoms with Crippen molar-refractivity contribution in [2.24, 2.45) is 47.3 Å². The van der Waals surface area contributed by atoms with Crippen molar-refractivity contribution < 1.29 is 34.6 Å². The molecule has 1 aliphatic heterocycles. The van der Waals surface area contributed by atoms with Gasteiger partial charge in [0.1, 0.15) is 0 Å². The zero-order valence-corrected chi connectivity index (χ0v) is 24.7. The van der Waals surface area contributed by atoms with Crippen LogP contribution < -0.4 is 0 Å². The third-order valence-corrected chi connectivity index (χ3v) is 10.6. The molecule has 2 aliphatic carbocycles. The van der Waals surface area contributed by atoms with E-state index in [1.807, 2.05) is 0 Å². The lowest BCUT2D eigenvalue weighted by Gasteiger charge is -2.45. The SMILES string of the molecule is CCC1CCC(COC2OC(CC)C(COCCC3CCC(CO)C(O)C3C)C(O)C2CC)C(O)C1CC. The lowest BCUT2D eigenvalue weighted by atomic mass is 9.70. The number of rotatable bonds is 13. The Hall–Kier alpha value is -0.280. The number of aliphatic hydroxyl groups excluding tert-OH is 4. The van der Waals surface area contributed by atoms with Gasteiger partial charge in [-0.3, -0.25) is 0 Å².